The first-order chi connectivity index (χ1) is 18.9. The Morgan fingerprint density at radius 1 is 1.00 bits per heavy atom. The lowest BCUT2D eigenvalue weighted by molar-refractivity contribution is -0.123. The lowest BCUT2D eigenvalue weighted by Crippen LogP contribution is -2.50. The van der Waals surface area contributed by atoms with Crippen LogP contribution in [-0.4, -0.2) is 41.4 Å². The van der Waals surface area contributed by atoms with Gasteiger partial charge in [-0.2, -0.15) is 0 Å². The molecule has 2 saturated carbocycles. The number of amides is 2. The van der Waals surface area contributed by atoms with Crippen LogP contribution in [0.1, 0.15) is 50.5 Å². The Balaban J connectivity index is 1.39. The van der Waals surface area contributed by atoms with Gasteiger partial charge in [0.05, 0.1) is 23.1 Å². The van der Waals surface area contributed by atoms with Crippen LogP contribution < -0.4 is 16.0 Å². The summed E-state index contributed by atoms with van der Waals surface area (Å²) in [4.78, 5) is 28.9. The fourth-order valence-electron chi connectivity index (χ4n) is 5.89. The average Bonchev–Trinajstić information content (AvgIpc) is 2.95. The monoisotopic (exact) mass is 530 g/mol. The molecule has 2 aliphatic rings. The number of rotatable bonds is 8. The third kappa shape index (κ3) is 5.81. The zero-order valence-corrected chi connectivity index (χ0v) is 22.1. The summed E-state index contributed by atoms with van der Waals surface area (Å²) in [6.07, 6.45) is 4.62. The number of carbonyl (C=O) groups is 2. The van der Waals surface area contributed by atoms with E-state index in [1.54, 1.807) is 6.20 Å². The second-order valence-electron chi connectivity index (χ2n) is 10.7. The second kappa shape index (κ2) is 11.5. The van der Waals surface area contributed by atoms with E-state index in [-0.39, 0.29) is 5.92 Å². The summed E-state index contributed by atoms with van der Waals surface area (Å²) in [6.45, 7) is 0. The summed E-state index contributed by atoms with van der Waals surface area (Å²) >= 11 is 0. The van der Waals surface area contributed by atoms with Gasteiger partial charge in [0.2, 0.25) is 0 Å². The predicted octanol–water partition coefficient (Wildman–Crippen LogP) is 6.12. The molecular weight excluding hydrogens is 495 g/mol. The molecule has 1 heterocycles. The normalized spacial score (nSPS) is 20.9. The van der Waals surface area contributed by atoms with Gasteiger partial charge in [-0.15, -0.1) is 0 Å². The second-order valence-corrected chi connectivity index (χ2v) is 10.7. The topological polar surface area (TPSA) is 103 Å². The largest absolute Gasteiger partial charge is 0.465 e. The smallest absolute Gasteiger partial charge is 0.405 e. The molecule has 2 aliphatic carbocycles. The van der Waals surface area contributed by atoms with Crippen molar-refractivity contribution in [3.8, 4) is 22.4 Å². The van der Waals surface area contributed by atoms with Crippen molar-refractivity contribution < 1.29 is 19.1 Å². The highest BCUT2D eigenvalue weighted by Gasteiger charge is 2.40. The number of nitrogens with zero attached hydrogens (tertiary/aromatic N) is 1. The minimum Gasteiger partial charge on any atom is -0.465 e. The number of pyridine rings is 1. The van der Waals surface area contributed by atoms with Crippen molar-refractivity contribution in [2.75, 3.05) is 12.4 Å². The Bertz CT molecular complexity index is 1300. The number of hydrogen-bond donors (Lipinski definition) is 4. The van der Waals surface area contributed by atoms with Gasteiger partial charge in [-0.1, -0.05) is 54.6 Å². The molecule has 0 saturated heterocycles. The molecule has 0 radical (unpaired) electrons. The zero-order chi connectivity index (χ0) is 27.4. The SMILES string of the molecule is CNC1CCC(C(F)C(=O)Nc2cnc(-c3ccc(C4(NC(=O)O)CCC4)cc3)c(-c3ccccc3)c2)CC1. The molecule has 39 heavy (non-hydrogen) atoms. The number of halogens is 1. The van der Waals surface area contributed by atoms with Crippen LogP contribution in [0, 0.1) is 5.92 Å². The van der Waals surface area contributed by atoms with E-state index in [4.69, 9.17) is 4.98 Å². The Morgan fingerprint density at radius 3 is 2.28 bits per heavy atom. The standard InChI is InChI=1S/C31H35FN4O3/c1-33-24-14-10-21(11-15-24)27(32)29(37)35-25-18-26(20-6-3-2-4-7-20)28(34-19-25)22-8-12-23(13-9-22)31(16-5-17-31)36-30(38)39/h2-4,6-9,12-13,18-19,21,24,27,33,36H,5,10-11,14-17H2,1H3,(H,35,37)(H,38,39). The van der Waals surface area contributed by atoms with Gasteiger partial charge in [0.15, 0.2) is 6.17 Å². The number of aromatic nitrogens is 1. The summed E-state index contributed by atoms with van der Waals surface area (Å²) in [7, 11) is 1.92. The molecule has 4 N–H and O–H groups in total. The van der Waals surface area contributed by atoms with Crippen LogP contribution in [0.25, 0.3) is 22.4 Å². The van der Waals surface area contributed by atoms with Gasteiger partial charge in [-0.25, -0.2) is 9.18 Å². The molecule has 1 atom stereocenters. The summed E-state index contributed by atoms with van der Waals surface area (Å²) in [5.74, 6) is -0.902. The van der Waals surface area contributed by atoms with Crippen LogP contribution in [0.2, 0.25) is 0 Å². The fourth-order valence-corrected chi connectivity index (χ4v) is 5.89. The van der Waals surface area contributed by atoms with Crippen molar-refractivity contribution in [3.05, 3.63) is 72.4 Å². The Kier molecular flexibility index (Phi) is 7.93. The first-order valence-electron chi connectivity index (χ1n) is 13.7. The zero-order valence-electron chi connectivity index (χ0n) is 22.1. The number of anilines is 1. The maximum absolute atomic E-state index is 15.1. The van der Waals surface area contributed by atoms with E-state index >= 15 is 4.39 Å². The van der Waals surface area contributed by atoms with Crippen LogP contribution in [0.5, 0.6) is 0 Å². The molecule has 1 aromatic heterocycles. The van der Waals surface area contributed by atoms with E-state index in [1.807, 2.05) is 67.7 Å². The molecule has 0 aliphatic heterocycles. The van der Waals surface area contributed by atoms with Gasteiger partial charge >= 0.3 is 6.09 Å². The van der Waals surface area contributed by atoms with Crippen LogP contribution in [0.4, 0.5) is 14.9 Å². The fraction of sp³-hybridized carbons (Fsp3) is 0.387. The van der Waals surface area contributed by atoms with Gasteiger partial charge in [-0.3, -0.25) is 9.78 Å². The number of nitrogens with one attached hydrogen (secondary N) is 3. The quantitative estimate of drug-likeness (QED) is 0.281. The van der Waals surface area contributed by atoms with Gasteiger partial charge in [-0.05, 0) is 75.1 Å². The molecule has 1 unspecified atom stereocenters. The van der Waals surface area contributed by atoms with E-state index in [0.717, 1.165) is 60.1 Å². The summed E-state index contributed by atoms with van der Waals surface area (Å²) in [5.41, 5.74) is 4.17. The summed E-state index contributed by atoms with van der Waals surface area (Å²) in [6, 6.07) is 19.8. The molecule has 7 nitrogen and oxygen atoms in total. The van der Waals surface area contributed by atoms with Crippen molar-refractivity contribution >= 4 is 17.7 Å². The molecule has 2 fully saturated rings. The Hall–Kier alpha value is -3.78. The van der Waals surface area contributed by atoms with Crippen molar-refractivity contribution in [2.45, 2.75) is 62.7 Å². The van der Waals surface area contributed by atoms with Crippen LogP contribution >= 0.6 is 0 Å². The van der Waals surface area contributed by atoms with Crippen molar-refractivity contribution in [2.24, 2.45) is 5.92 Å². The minimum absolute atomic E-state index is 0.275. The first kappa shape index (κ1) is 26.8. The summed E-state index contributed by atoms with van der Waals surface area (Å²) in [5, 5.41) is 18.0. The number of carbonyl (C=O) groups excluding carboxylic acids is 1. The van der Waals surface area contributed by atoms with E-state index in [0.29, 0.717) is 24.6 Å². The van der Waals surface area contributed by atoms with Gasteiger partial charge < -0.3 is 21.1 Å². The van der Waals surface area contributed by atoms with Gasteiger partial charge in [0.1, 0.15) is 0 Å². The maximum Gasteiger partial charge on any atom is 0.405 e. The predicted molar refractivity (Wildman–Crippen MR) is 150 cm³/mol. The van der Waals surface area contributed by atoms with E-state index in [2.05, 4.69) is 16.0 Å². The lowest BCUT2D eigenvalue weighted by atomic mass is 9.71. The molecule has 8 heteroatoms. The number of carboxylic acid groups (broad SMARTS) is 1. The molecule has 2 amide bonds. The Labute approximate surface area is 228 Å². The molecule has 0 spiro atoms. The highest BCUT2D eigenvalue weighted by molar-refractivity contribution is 5.95. The van der Waals surface area contributed by atoms with Crippen molar-refractivity contribution in [1.82, 2.24) is 15.6 Å². The highest BCUT2D eigenvalue weighted by atomic mass is 19.1. The van der Waals surface area contributed by atoms with Crippen molar-refractivity contribution in [3.63, 3.8) is 0 Å². The minimum atomic E-state index is -1.56. The maximum atomic E-state index is 15.1. The number of benzene rings is 2. The van der Waals surface area contributed by atoms with Crippen LogP contribution in [0.3, 0.4) is 0 Å². The molecule has 3 aromatic rings. The molecule has 5 rings (SSSR count). The number of alkyl halides is 1. The first-order valence-corrected chi connectivity index (χ1v) is 13.7. The van der Waals surface area contributed by atoms with E-state index < -0.39 is 23.7 Å². The van der Waals surface area contributed by atoms with E-state index in [1.165, 1.54) is 0 Å². The van der Waals surface area contributed by atoms with Crippen LogP contribution in [0.15, 0.2) is 66.9 Å². The molecule has 2 aromatic carbocycles. The molecule has 204 valence electrons. The van der Waals surface area contributed by atoms with Crippen molar-refractivity contribution in [1.29, 1.82) is 0 Å². The van der Waals surface area contributed by atoms with Gasteiger partial charge in [0, 0.05) is 17.2 Å². The van der Waals surface area contributed by atoms with E-state index in [9.17, 15) is 14.7 Å². The highest BCUT2D eigenvalue weighted by Crippen LogP contribution is 2.42. The lowest BCUT2D eigenvalue weighted by Gasteiger charge is -2.42. The third-order valence-corrected chi connectivity index (χ3v) is 8.35. The average molecular weight is 531 g/mol. The summed E-state index contributed by atoms with van der Waals surface area (Å²) < 4.78 is 15.1. The Morgan fingerprint density at radius 2 is 1.69 bits per heavy atom. The molecule has 0 bridgehead atoms. The van der Waals surface area contributed by atoms with Gasteiger partial charge in [0.25, 0.3) is 5.91 Å². The molecular formula is C31H35FN4O3. The number of hydrogen-bond acceptors (Lipinski definition) is 4. The van der Waals surface area contributed by atoms with Crippen LogP contribution in [-0.2, 0) is 10.3 Å². The third-order valence-electron chi connectivity index (χ3n) is 8.35.